The number of aromatic nitrogens is 1. The molecular weight excluding hydrogens is 316 g/mol. The van der Waals surface area contributed by atoms with Crippen LogP contribution in [0.15, 0.2) is 42.5 Å². The van der Waals surface area contributed by atoms with Gasteiger partial charge in [0.05, 0.1) is 16.3 Å². The Bertz CT molecular complexity index is 862. The number of hydrogen-bond donors (Lipinski definition) is 0. The van der Waals surface area contributed by atoms with E-state index < -0.39 is 0 Å². The minimum atomic E-state index is 0.107. The van der Waals surface area contributed by atoms with Gasteiger partial charge in [-0.3, -0.25) is 4.79 Å². The van der Waals surface area contributed by atoms with E-state index in [0.717, 1.165) is 46.6 Å². The first-order chi connectivity index (χ1) is 11.6. The molecule has 0 N–H and O–H groups in total. The number of hydrogen-bond acceptors (Lipinski definition) is 3. The average molecular weight is 336 g/mol. The van der Waals surface area contributed by atoms with Crippen molar-refractivity contribution in [2.45, 2.75) is 32.7 Å². The van der Waals surface area contributed by atoms with Crippen LogP contribution in [0.1, 0.15) is 45.4 Å². The fourth-order valence-corrected chi connectivity index (χ4v) is 4.68. The summed E-state index contributed by atoms with van der Waals surface area (Å²) in [5.41, 5.74) is 4.09. The summed E-state index contributed by atoms with van der Waals surface area (Å²) in [5, 5.41) is 1.06. The molecule has 0 radical (unpaired) electrons. The third-order valence-corrected chi connectivity index (χ3v) is 5.72. The van der Waals surface area contributed by atoms with E-state index in [1.165, 1.54) is 4.70 Å². The highest BCUT2D eigenvalue weighted by atomic mass is 32.1. The number of rotatable bonds is 2. The third-order valence-electron chi connectivity index (χ3n) is 4.58. The molecule has 1 saturated heterocycles. The van der Waals surface area contributed by atoms with Gasteiger partial charge in [0.1, 0.15) is 5.01 Å². The number of benzene rings is 2. The van der Waals surface area contributed by atoms with Crippen LogP contribution in [-0.2, 0) is 0 Å². The Hall–Kier alpha value is -2.20. The molecule has 1 amide bonds. The molecule has 0 unspecified atom stereocenters. The van der Waals surface area contributed by atoms with Crippen molar-refractivity contribution < 1.29 is 4.79 Å². The van der Waals surface area contributed by atoms with E-state index >= 15 is 0 Å². The monoisotopic (exact) mass is 336 g/mol. The third kappa shape index (κ3) is 2.71. The molecule has 3 aromatic rings. The number of carbonyl (C=O) groups excluding carboxylic acids is 1. The highest BCUT2D eigenvalue weighted by Gasteiger charge is 2.32. The first kappa shape index (κ1) is 15.3. The summed E-state index contributed by atoms with van der Waals surface area (Å²) in [5.74, 6) is 0.128. The quantitative estimate of drug-likeness (QED) is 0.667. The number of aryl methyl sites for hydroxylation is 2. The van der Waals surface area contributed by atoms with Crippen molar-refractivity contribution >= 4 is 27.5 Å². The van der Waals surface area contributed by atoms with Crippen LogP contribution < -0.4 is 0 Å². The number of fused-ring (bicyclic) bond motifs is 1. The Morgan fingerprint density at radius 3 is 2.67 bits per heavy atom. The molecule has 4 rings (SSSR count). The van der Waals surface area contributed by atoms with E-state index in [1.807, 2.05) is 49.1 Å². The van der Waals surface area contributed by atoms with Gasteiger partial charge in [-0.2, -0.15) is 0 Å². The van der Waals surface area contributed by atoms with Crippen molar-refractivity contribution in [3.05, 3.63) is 64.2 Å². The van der Waals surface area contributed by atoms with Gasteiger partial charge in [0, 0.05) is 12.1 Å². The van der Waals surface area contributed by atoms with Gasteiger partial charge in [0.2, 0.25) is 0 Å². The maximum atomic E-state index is 13.1. The molecule has 0 bridgehead atoms. The van der Waals surface area contributed by atoms with Crippen LogP contribution in [-0.4, -0.2) is 22.3 Å². The summed E-state index contributed by atoms with van der Waals surface area (Å²) >= 11 is 1.71. The standard InChI is InChI=1S/C20H20N2OS/c1-13-10-14(2)12-15(11-13)20(23)22-9-5-7-17(22)19-21-16-6-3-4-8-18(16)24-19/h3-4,6,8,10-12,17H,5,7,9H2,1-2H3/t17-/m0/s1. The van der Waals surface area contributed by atoms with Crippen LogP contribution in [0, 0.1) is 13.8 Å². The number of thiazole rings is 1. The minimum absolute atomic E-state index is 0.107. The molecule has 0 aliphatic carbocycles. The summed E-state index contributed by atoms with van der Waals surface area (Å²) < 4.78 is 1.19. The summed E-state index contributed by atoms with van der Waals surface area (Å²) in [6, 6.07) is 14.4. The zero-order valence-corrected chi connectivity index (χ0v) is 14.8. The Balaban J connectivity index is 1.68. The lowest BCUT2D eigenvalue weighted by Crippen LogP contribution is -2.30. The van der Waals surface area contributed by atoms with Crippen LogP contribution in [0.5, 0.6) is 0 Å². The van der Waals surface area contributed by atoms with Gasteiger partial charge in [-0.15, -0.1) is 11.3 Å². The number of amides is 1. The van der Waals surface area contributed by atoms with Gasteiger partial charge < -0.3 is 4.90 Å². The van der Waals surface area contributed by atoms with E-state index in [4.69, 9.17) is 4.98 Å². The normalized spacial score (nSPS) is 17.6. The van der Waals surface area contributed by atoms with Crippen molar-refractivity contribution in [2.75, 3.05) is 6.54 Å². The summed E-state index contributed by atoms with van der Waals surface area (Å²) in [6.45, 7) is 4.89. The zero-order chi connectivity index (χ0) is 16.7. The molecule has 0 spiro atoms. The Morgan fingerprint density at radius 1 is 1.17 bits per heavy atom. The first-order valence-corrected chi connectivity index (χ1v) is 9.18. The maximum Gasteiger partial charge on any atom is 0.254 e. The van der Waals surface area contributed by atoms with E-state index in [2.05, 4.69) is 12.1 Å². The Labute approximate surface area is 146 Å². The Morgan fingerprint density at radius 2 is 1.92 bits per heavy atom. The molecule has 2 heterocycles. The van der Waals surface area contributed by atoms with Gasteiger partial charge >= 0.3 is 0 Å². The van der Waals surface area contributed by atoms with Crippen LogP contribution in [0.4, 0.5) is 0 Å². The van der Waals surface area contributed by atoms with E-state index in [0.29, 0.717) is 0 Å². The van der Waals surface area contributed by atoms with Crippen molar-refractivity contribution in [3.63, 3.8) is 0 Å². The molecular formula is C20H20N2OS. The molecule has 0 saturated carbocycles. The molecule has 1 aliphatic heterocycles. The van der Waals surface area contributed by atoms with Crippen LogP contribution in [0.3, 0.4) is 0 Å². The molecule has 1 fully saturated rings. The summed E-state index contributed by atoms with van der Waals surface area (Å²) in [6.07, 6.45) is 2.04. The zero-order valence-electron chi connectivity index (χ0n) is 14.0. The van der Waals surface area contributed by atoms with Crippen molar-refractivity contribution in [1.29, 1.82) is 0 Å². The average Bonchev–Trinajstić information content (AvgIpc) is 3.19. The van der Waals surface area contributed by atoms with Crippen LogP contribution in [0.2, 0.25) is 0 Å². The fourth-order valence-electron chi connectivity index (χ4n) is 3.56. The lowest BCUT2D eigenvalue weighted by Gasteiger charge is -2.23. The molecule has 1 atom stereocenters. The first-order valence-electron chi connectivity index (χ1n) is 8.36. The topological polar surface area (TPSA) is 33.2 Å². The Kier molecular flexibility index (Phi) is 3.85. The second-order valence-corrected chi connectivity index (χ2v) is 7.62. The largest absolute Gasteiger partial charge is 0.329 e. The highest BCUT2D eigenvalue weighted by Crippen LogP contribution is 2.37. The summed E-state index contributed by atoms with van der Waals surface area (Å²) in [7, 11) is 0. The van der Waals surface area contributed by atoms with Crippen molar-refractivity contribution in [1.82, 2.24) is 9.88 Å². The SMILES string of the molecule is Cc1cc(C)cc(C(=O)N2CCC[C@H]2c2nc3ccccc3s2)c1. The lowest BCUT2D eigenvalue weighted by atomic mass is 10.1. The number of likely N-dealkylation sites (tertiary alicyclic amines) is 1. The molecule has 1 aliphatic rings. The van der Waals surface area contributed by atoms with Gasteiger partial charge in [-0.25, -0.2) is 4.98 Å². The molecule has 2 aromatic carbocycles. The second-order valence-electron chi connectivity index (χ2n) is 6.55. The number of carbonyl (C=O) groups is 1. The van der Waals surface area contributed by atoms with Crippen molar-refractivity contribution in [3.8, 4) is 0 Å². The minimum Gasteiger partial charge on any atom is -0.329 e. The fraction of sp³-hybridized carbons (Fsp3) is 0.300. The predicted octanol–water partition coefficient (Wildman–Crippen LogP) is 4.89. The van der Waals surface area contributed by atoms with Crippen LogP contribution in [0.25, 0.3) is 10.2 Å². The smallest absolute Gasteiger partial charge is 0.254 e. The second kappa shape index (κ2) is 6.02. The van der Waals surface area contributed by atoms with E-state index in [9.17, 15) is 4.79 Å². The molecule has 3 nitrogen and oxygen atoms in total. The molecule has 122 valence electrons. The lowest BCUT2D eigenvalue weighted by molar-refractivity contribution is 0.0735. The molecule has 24 heavy (non-hydrogen) atoms. The van der Waals surface area contributed by atoms with Crippen molar-refractivity contribution in [2.24, 2.45) is 0 Å². The van der Waals surface area contributed by atoms with Gasteiger partial charge in [-0.05, 0) is 51.0 Å². The maximum absolute atomic E-state index is 13.1. The predicted molar refractivity (Wildman–Crippen MR) is 98.5 cm³/mol. The number of para-hydroxylation sites is 1. The molecule has 1 aromatic heterocycles. The van der Waals surface area contributed by atoms with Crippen LogP contribution >= 0.6 is 11.3 Å². The highest BCUT2D eigenvalue weighted by molar-refractivity contribution is 7.18. The molecule has 4 heteroatoms. The van der Waals surface area contributed by atoms with E-state index in [-0.39, 0.29) is 11.9 Å². The summed E-state index contributed by atoms with van der Waals surface area (Å²) in [4.78, 5) is 19.8. The van der Waals surface area contributed by atoms with E-state index in [1.54, 1.807) is 11.3 Å². The van der Waals surface area contributed by atoms with Gasteiger partial charge in [0.25, 0.3) is 5.91 Å². The van der Waals surface area contributed by atoms with Gasteiger partial charge in [0.15, 0.2) is 0 Å². The number of nitrogens with zero attached hydrogens (tertiary/aromatic N) is 2. The van der Waals surface area contributed by atoms with Gasteiger partial charge in [-0.1, -0.05) is 29.3 Å².